The van der Waals surface area contributed by atoms with E-state index in [1.807, 2.05) is 13.8 Å². The van der Waals surface area contributed by atoms with Gasteiger partial charge in [-0.15, -0.1) is 0 Å². The highest BCUT2D eigenvalue weighted by Crippen LogP contribution is 2.17. The molecule has 1 rings (SSSR count). The van der Waals surface area contributed by atoms with Crippen molar-refractivity contribution in [2.24, 2.45) is 11.7 Å². The molecule has 1 aromatic carbocycles. The zero-order valence-electron chi connectivity index (χ0n) is 21.8. The fourth-order valence-electron chi connectivity index (χ4n) is 3.64. The second-order valence-corrected chi connectivity index (χ2v) is 9.50. The number of amides is 3. The zero-order chi connectivity index (χ0) is 29.0. The predicted octanol–water partition coefficient (Wildman–Crippen LogP) is -1.85. The summed E-state index contributed by atoms with van der Waals surface area (Å²) in [6.45, 7) is 4.46. The van der Waals surface area contributed by atoms with Gasteiger partial charge in [0.15, 0.2) is 6.10 Å². The summed E-state index contributed by atoms with van der Waals surface area (Å²) in [6, 6.07) is 3.64. The van der Waals surface area contributed by atoms with E-state index in [1.54, 1.807) is 37.3 Å². The molecule has 3 amide bonds. The highest BCUT2D eigenvalue weighted by molar-refractivity contribution is 5.89. The lowest BCUT2D eigenvalue weighted by molar-refractivity contribution is -0.145. The second-order valence-electron chi connectivity index (χ2n) is 9.50. The molecule has 0 heterocycles. The van der Waals surface area contributed by atoms with Gasteiger partial charge in [-0.25, -0.2) is 0 Å². The third-order valence-corrected chi connectivity index (χ3v) is 5.89. The fourth-order valence-corrected chi connectivity index (χ4v) is 3.64. The number of hydrogen-bond donors (Lipinski definition) is 9. The molecule has 0 aromatic heterocycles. The average molecular weight is 541 g/mol. The van der Waals surface area contributed by atoms with E-state index in [0.717, 1.165) is 0 Å². The van der Waals surface area contributed by atoms with Crippen LogP contribution >= 0.6 is 0 Å². The first kappa shape index (κ1) is 32.9. The lowest BCUT2D eigenvalue weighted by atomic mass is 9.98. The van der Waals surface area contributed by atoms with Crippen LogP contribution in [0.25, 0.3) is 0 Å². The van der Waals surface area contributed by atoms with Crippen LogP contribution < -0.4 is 21.7 Å². The molecule has 214 valence electrons. The Kier molecular flexibility index (Phi) is 13.9. The minimum absolute atomic E-state index is 0.0270. The molecule has 7 atom stereocenters. The van der Waals surface area contributed by atoms with Gasteiger partial charge in [0, 0.05) is 0 Å². The molecule has 0 bridgehead atoms. The highest BCUT2D eigenvalue weighted by Gasteiger charge is 2.37. The SMILES string of the molecule is CCC(N)C(=O)NC(CC(C)C)C(=O)NC(CO)C(O)C(O)C(O)C(=O)NC(CC(=O)O)c1ccccc1. The summed E-state index contributed by atoms with van der Waals surface area (Å²) < 4.78 is 0. The molecule has 0 radical (unpaired) electrons. The van der Waals surface area contributed by atoms with Crippen LogP contribution in [0.4, 0.5) is 0 Å². The number of rotatable bonds is 16. The number of nitrogens with one attached hydrogen (secondary N) is 3. The van der Waals surface area contributed by atoms with Gasteiger partial charge in [0.1, 0.15) is 18.2 Å². The van der Waals surface area contributed by atoms with Crippen molar-refractivity contribution in [2.75, 3.05) is 6.61 Å². The van der Waals surface area contributed by atoms with Gasteiger partial charge >= 0.3 is 5.97 Å². The van der Waals surface area contributed by atoms with E-state index < -0.39 is 79.2 Å². The molecular weight excluding hydrogens is 500 g/mol. The maximum atomic E-state index is 12.9. The van der Waals surface area contributed by atoms with Crippen LogP contribution in [0.15, 0.2) is 30.3 Å². The maximum Gasteiger partial charge on any atom is 0.305 e. The molecule has 38 heavy (non-hydrogen) atoms. The van der Waals surface area contributed by atoms with Crippen LogP contribution in [-0.4, -0.2) is 92.3 Å². The van der Waals surface area contributed by atoms with E-state index >= 15 is 0 Å². The van der Waals surface area contributed by atoms with Crippen molar-refractivity contribution < 1.29 is 44.7 Å². The van der Waals surface area contributed by atoms with Crippen LogP contribution in [0.5, 0.6) is 0 Å². The quantitative estimate of drug-likeness (QED) is 0.113. The number of benzene rings is 1. The van der Waals surface area contributed by atoms with Crippen molar-refractivity contribution in [3.63, 3.8) is 0 Å². The van der Waals surface area contributed by atoms with Crippen LogP contribution in [0.2, 0.25) is 0 Å². The summed E-state index contributed by atoms with van der Waals surface area (Å²) in [5.41, 5.74) is 6.15. The Morgan fingerprint density at radius 1 is 0.895 bits per heavy atom. The van der Waals surface area contributed by atoms with Crippen molar-refractivity contribution in [3.8, 4) is 0 Å². The van der Waals surface area contributed by atoms with Gasteiger partial charge in [0.2, 0.25) is 11.8 Å². The predicted molar refractivity (Wildman–Crippen MR) is 136 cm³/mol. The molecule has 0 spiro atoms. The van der Waals surface area contributed by atoms with Crippen molar-refractivity contribution in [1.29, 1.82) is 0 Å². The van der Waals surface area contributed by atoms with Gasteiger partial charge in [-0.2, -0.15) is 0 Å². The molecule has 0 aliphatic heterocycles. The summed E-state index contributed by atoms with van der Waals surface area (Å²) in [5, 5.41) is 57.5. The van der Waals surface area contributed by atoms with Crippen molar-refractivity contribution in [3.05, 3.63) is 35.9 Å². The number of nitrogens with two attached hydrogens (primary N) is 1. The Balaban J connectivity index is 2.94. The third-order valence-electron chi connectivity index (χ3n) is 5.89. The zero-order valence-corrected chi connectivity index (χ0v) is 21.8. The number of carbonyl (C=O) groups excluding carboxylic acids is 3. The Labute approximate surface area is 221 Å². The van der Waals surface area contributed by atoms with E-state index in [0.29, 0.717) is 12.0 Å². The van der Waals surface area contributed by atoms with Gasteiger partial charge in [-0.05, 0) is 24.3 Å². The Bertz CT molecular complexity index is 915. The molecule has 1 aromatic rings. The highest BCUT2D eigenvalue weighted by atomic mass is 16.4. The summed E-state index contributed by atoms with van der Waals surface area (Å²) in [4.78, 5) is 48.9. The lowest BCUT2D eigenvalue weighted by Crippen LogP contribution is -2.60. The smallest absolute Gasteiger partial charge is 0.305 e. The summed E-state index contributed by atoms with van der Waals surface area (Å²) in [5.74, 6) is -3.75. The number of carboxylic acids is 1. The van der Waals surface area contributed by atoms with E-state index in [1.165, 1.54) is 0 Å². The second kappa shape index (κ2) is 16.0. The Morgan fingerprint density at radius 2 is 1.50 bits per heavy atom. The van der Waals surface area contributed by atoms with Gasteiger partial charge in [-0.1, -0.05) is 51.1 Å². The minimum Gasteiger partial charge on any atom is -0.481 e. The average Bonchev–Trinajstić information content (AvgIpc) is 2.88. The first-order chi connectivity index (χ1) is 17.8. The largest absolute Gasteiger partial charge is 0.481 e. The van der Waals surface area contributed by atoms with E-state index in [2.05, 4.69) is 16.0 Å². The molecule has 10 N–H and O–H groups in total. The fraction of sp³-hybridized carbons (Fsp3) is 0.600. The van der Waals surface area contributed by atoms with Crippen LogP contribution in [0.1, 0.15) is 51.6 Å². The molecule has 0 saturated heterocycles. The summed E-state index contributed by atoms with van der Waals surface area (Å²) >= 11 is 0. The van der Waals surface area contributed by atoms with E-state index in [4.69, 9.17) is 5.73 Å². The molecule has 0 aliphatic carbocycles. The summed E-state index contributed by atoms with van der Waals surface area (Å²) in [7, 11) is 0. The van der Waals surface area contributed by atoms with Gasteiger partial charge in [0.25, 0.3) is 5.91 Å². The minimum atomic E-state index is -2.23. The topological polar surface area (TPSA) is 232 Å². The van der Waals surface area contributed by atoms with Crippen LogP contribution in [0, 0.1) is 5.92 Å². The maximum absolute atomic E-state index is 12.9. The van der Waals surface area contributed by atoms with Gasteiger partial charge in [-0.3, -0.25) is 19.2 Å². The Morgan fingerprint density at radius 3 is 2.00 bits per heavy atom. The van der Waals surface area contributed by atoms with Crippen molar-refractivity contribution >= 4 is 23.7 Å². The molecule has 0 fully saturated rings. The molecule has 0 saturated carbocycles. The lowest BCUT2D eigenvalue weighted by Gasteiger charge is -2.31. The first-order valence-corrected chi connectivity index (χ1v) is 12.4. The third kappa shape index (κ3) is 10.3. The summed E-state index contributed by atoms with van der Waals surface area (Å²) in [6.07, 6.45) is -6.37. The van der Waals surface area contributed by atoms with Crippen LogP contribution in [0.3, 0.4) is 0 Å². The van der Waals surface area contributed by atoms with E-state index in [9.17, 15) is 44.7 Å². The number of aliphatic carboxylic acids is 1. The van der Waals surface area contributed by atoms with E-state index in [-0.39, 0.29) is 12.3 Å². The molecular formula is C25H40N4O9. The monoisotopic (exact) mass is 540 g/mol. The standard InChI is InChI=1S/C25H40N4O9/c1-4-15(26)23(36)28-17(10-13(2)3)24(37)29-18(12-30)20(33)21(34)22(35)25(38)27-16(11-19(31)32)14-8-6-5-7-9-14/h5-9,13,15-18,20-22,30,33-35H,4,10-12,26H2,1-3H3,(H,27,38)(H,28,36)(H,29,37)(H,31,32). The number of aliphatic hydroxyl groups is 4. The molecule has 7 unspecified atom stereocenters. The van der Waals surface area contributed by atoms with Crippen molar-refractivity contribution in [2.45, 2.75) is 82.5 Å². The number of aliphatic hydroxyl groups excluding tert-OH is 4. The van der Waals surface area contributed by atoms with Crippen LogP contribution in [-0.2, 0) is 19.2 Å². The Hall–Kier alpha value is -3.10. The normalized spacial score (nSPS) is 16.9. The van der Waals surface area contributed by atoms with Gasteiger partial charge in [0.05, 0.1) is 31.2 Å². The molecule has 13 nitrogen and oxygen atoms in total. The first-order valence-electron chi connectivity index (χ1n) is 12.4. The van der Waals surface area contributed by atoms with Crippen molar-refractivity contribution in [1.82, 2.24) is 16.0 Å². The number of carboxylic acid groups (broad SMARTS) is 1. The number of carbonyl (C=O) groups is 4. The number of hydrogen-bond acceptors (Lipinski definition) is 9. The molecule has 13 heteroatoms. The molecule has 0 aliphatic rings. The van der Waals surface area contributed by atoms with Gasteiger partial charge < -0.3 is 47.2 Å².